The van der Waals surface area contributed by atoms with Crippen LogP contribution in [0.2, 0.25) is 0 Å². The maximum Gasteiger partial charge on any atom is 0.244 e. The first-order valence-electron chi connectivity index (χ1n) is 8.47. The number of hydrogen-bond donors (Lipinski definition) is 0. The molecule has 1 fully saturated rings. The molecular weight excluding hydrogens is 316 g/mol. The van der Waals surface area contributed by atoms with Gasteiger partial charge in [-0.2, -0.15) is 0 Å². The van der Waals surface area contributed by atoms with Crippen LogP contribution >= 0.6 is 0 Å². The summed E-state index contributed by atoms with van der Waals surface area (Å²) in [7, 11) is 0. The lowest BCUT2D eigenvalue weighted by molar-refractivity contribution is -0.133. The molecule has 4 rings (SSSR count). The predicted octanol–water partition coefficient (Wildman–Crippen LogP) is 1.17. The topological polar surface area (TPSA) is 67.2 Å². The number of benzene rings is 1. The Morgan fingerprint density at radius 2 is 1.76 bits per heavy atom. The summed E-state index contributed by atoms with van der Waals surface area (Å²) in [5, 5.41) is 8.21. The molecule has 1 saturated heterocycles. The molecule has 128 valence electrons. The first-order chi connectivity index (χ1) is 12.3. The minimum absolute atomic E-state index is 0.0965. The molecule has 0 N–H and O–H groups in total. The summed E-state index contributed by atoms with van der Waals surface area (Å²) in [5.41, 5.74) is 2.97. The number of fused-ring (bicyclic) bond motifs is 1. The van der Waals surface area contributed by atoms with E-state index in [4.69, 9.17) is 0 Å². The van der Waals surface area contributed by atoms with Crippen molar-refractivity contribution in [2.75, 3.05) is 26.2 Å². The number of amides is 1. The van der Waals surface area contributed by atoms with Gasteiger partial charge in [0.1, 0.15) is 12.1 Å². The van der Waals surface area contributed by atoms with Gasteiger partial charge in [-0.3, -0.25) is 14.7 Å². The number of carbonyl (C=O) groups excluding carboxylic acids is 1. The Kier molecular flexibility index (Phi) is 4.39. The second kappa shape index (κ2) is 6.98. The van der Waals surface area contributed by atoms with E-state index in [9.17, 15) is 4.79 Å². The molecule has 0 spiro atoms. The lowest BCUT2D eigenvalue weighted by Gasteiger charge is -2.34. The van der Waals surface area contributed by atoms with Crippen LogP contribution in [0.1, 0.15) is 5.56 Å². The SMILES string of the molecule is O=C(Cn1nnc2ccccc21)N1CCN(Cc2ccncc2)CC1. The lowest BCUT2D eigenvalue weighted by atomic mass is 10.2. The molecule has 0 atom stereocenters. The number of nitrogens with zero attached hydrogens (tertiary/aromatic N) is 6. The van der Waals surface area contributed by atoms with E-state index in [0.29, 0.717) is 0 Å². The van der Waals surface area contributed by atoms with E-state index in [2.05, 4.69) is 20.2 Å². The normalized spacial score (nSPS) is 15.6. The van der Waals surface area contributed by atoms with Crippen LogP contribution in [0.4, 0.5) is 0 Å². The highest BCUT2D eigenvalue weighted by molar-refractivity contribution is 5.79. The van der Waals surface area contributed by atoms with Gasteiger partial charge in [0.25, 0.3) is 0 Å². The van der Waals surface area contributed by atoms with Gasteiger partial charge in [0, 0.05) is 45.1 Å². The third-order valence-electron chi connectivity index (χ3n) is 4.59. The molecule has 1 aliphatic rings. The summed E-state index contributed by atoms with van der Waals surface area (Å²) in [5.74, 6) is 0.0965. The first-order valence-corrected chi connectivity index (χ1v) is 8.47. The molecule has 7 nitrogen and oxygen atoms in total. The molecule has 1 aromatic carbocycles. The Bertz CT molecular complexity index is 854. The van der Waals surface area contributed by atoms with Gasteiger partial charge in [0.15, 0.2) is 0 Å². The second-order valence-corrected chi connectivity index (χ2v) is 6.25. The Balaban J connectivity index is 1.33. The van der Waals surface area contributed by atoms with Crippen molar-refractivity contribution >= 4 is 16.9 Å². The van der Waals surface area contributed by atoms with Gasteiger partial charge in [-0.1, -0.05) is 17.3 Å². The summed E-state index contributed by atoms with van der Waals surface area (Å²) in [4.78, 5) is 20.9. The van der Waals surface area contributed by atoms with Crippen LogP contribution in [0.25, 0.3) is 11.0 Å². The van der Waals surface area contributed by atoms with Crippen molar-refractivity contribution < 1.29 is 4.79 Å². The highest BCUT2D eigenvalue weighted by atomic mass is 16.2. The highest BCUT2D eigenvalue weighted by Gasteiger charge is 2.22. The second-order valence-electron chi connectivity index (χ2n) is 6.25. The minimum atomic E-state index is 0.0965. The molecule has 0 unspecified atom stereocenters. The summed E-state index contributed by atoms with van der Waals surface area (Å²) in [6.45, 7) is 4.40. The maximum atomic E-state index is 12.6. The smallest absolute Gasteiger partial charge is 0.244 e. The van der Waals surface area contributed by atoms with Crippen molar-refractivity contribution in [3.63, 3.8) is 0 Å². The van der Waals surface area contributed by atoms with Gasteiger partial charge in [0.05, 0.1) is 5.52 Å². The average molecular weight is 336 g/mol. The quantitative estimate of drug-likeness (QED) is 0.715. The Morgan fingerprint density at radius 1 is 1.00 bits per heavy atom. The zero-order valence-corrected chi connectivity index (χ0v) is 14.0. The van der Waals surface area contributed by atoms with E-state index in [1.54, 1.807) is 4.68 Å². The average Bonchev–Trinajstić information content (AvgIpc) is 3.06. The number of piperazine rings is 1. The van der Waals surface area contributed by atoms with E-state index in [0.717, 1.165) is 43.8 Å². The third-order valence-corrected chi connectivity index (χ3v) is 4.59. The number of para-hydroxylation sites is 1. The molecule has 0 saturated carbocycles. The molecule has 0 aliphatic carbocycles. The Labute approximate surface area is 145 Å². The molecule has 0 bridgehead atoms. The van der Waals surface area contributed by atoms with E-state index >= 15 is 0 Å². The zero-order chi connectivity index (χ0) is 17.1. The van der Waals surface area contributed by atoms with Crippen LogP contribution in [-0.2, 0) is 17.9 Å². The molecule has 2 aromatic heterocycles. The summed E-state index contributed by atoms with van der Waals surface area (Å²) in [6, 6.07) is 11.8. The van der Waals surface area contributed by atoms with Crippen LogP contribution in [0, 0.1) is 0 Å². The van der Waals surface area contributed by atoms with Crippen molar-refractivity contribution in [2.45, 2.75) is 13.1 Å². The van der Waals surface area contributed by atoms with Gasteiger partial charge in [-0.15, -0.1) is 5.10 Å². The van der Waals surface area contributed by atoms with Gasteiger partial charge < -0.3 is 4.90 Å². The van der Waals surface area contributed by atoms with E-state index < -0.39 is 0 Å². The fourth-order valence-electron chi connectivity index (χ4n) is 3.16. The van der Waals surface area contributed by atoms with Crippen LogP contribution < -0.4 is 0 Å². The predicted molar refractivity (Wildman–Crippen MR) is 93.6 cm³/mol. The summed E-state index contributed by atoms with van der Waals surface area (Å²) >= 11 is 0. The molecule has 0 radical (unpaired) electrons. The molecule has 3 heterocycles. The number of pyridine rings is 1. The summed E-state index contributed by atoms with van der Waals surface area (Å²) < 4.78 is 1.68. The van der Waals surface area contributed by atoms with Crippen molar-refractivity contribution in [2.24, 2.45) is 0 Å². The fourth-order valence-corrected chi connectivity index (χ4v) is 3.16. The van der Waals surface area contributed by atoms with Gasteiger partial charge in [-0.25, -0.2) is 4.68 Å². The van der Waals surface area contributed by atoms with Gasteiger partial charge in [0.2, 0.25) is 5.91 Å². The van der Waals surface area contributed by atoms with Crippen LogP contribution in [0.15, 0.2) is 48.8 Å². The van der Waals surface area contributed by atoms with Crippen LogP contribution in [0.3, 0.4) is 0 Å². The lowest BCUT2D eigenvalue weighted by Crippen LogP contribution is -2.49. The van der Waals surface area contributed by atoms with E-state index in [-0.39, 0.29) is 12.5 Å². The number of rotatable bonds is 4. The number of hydrogen-bond acceptors (Lipinski definition) is 5. The Hall–Kier alpha value is -2.80. The molecule has 3 aromatic rings. The number of aromatic nitrogens is 4. The third kappa shape index (κ3) is 3.51. The summed E-state index contributed by atoms with van der Waals surface area (Å²) in [6.07, 6.45) is 3.63. The van der Waals surface area contributed by atoms with Crippen molar-refractivity contribution in [1.29, 1.82) is 0 Å². The van der Waals surface area contributed by atoms with Gasteiger partial charge >= 0.3 is 0 Å². The monoisotopic (exact) mass is 336 g/mol. The maximum absolute atomic E-state index is 12.6. The molecule has 1 aliphatic heterocycles. The van der Waals surface area contributed by atoms with Crippen molar-refractivity contribution in [1.82, 2.24) is 29.8 Å². The Morgan fingerprint density at radius 3 is 2.56 bits per heavy atom. The molecular formula is C18H20N6O. The first kappa shape index (κ1) is 15.7. The zero-order valence-electron chi connectivity index (χ0n) is 14.0. The standard InChI is InChI=1S/C18H20N6O/c25-18(14-24-17-4-2-1-3-16(17)20-21-24)23-11-9-22(10-12-23)13-15-5-7-19-8-6-15/h1-8H,9-14H2. The minimum Gasteiger partial charge on any atom is -0.339 e. The fraction of sp³-hybridized carbons (Fsp3) is 0.333. The van der Waals surface area contributed by atoms with Crippen molar-refractivity contribution in [3.05, 3.63) is 54.4 Å². The molecule has 25 heavy (non-hydrogen) atoms. The van der Waals surface area contributed by atoms with Crippen LogP contribution in [-0.4, -0.2) is 61.9 Å². The van der Waals surface area contributed by atoms with Crippen molar-refractivity contribution in [3.8, 4) is 0 Å². The highest BCUT2D eigenvalue weighted by Crippen LogP contribution is 2.12. The molecule has 7 heteroatoms. The van der Waals surface area contributed by atoms with Crippen LogP contribution in [0.5, 0.6) is 0 Å². The molecule has 1 amide bonds. The largest absolute Gasteiger partial charge is 0.339 e. The van der Waals surface area contributed by atoms with E-state index in [1.165, 1.54) is 5.56 Å². The number of carbonyl (C=O) groups is 1. The van der Waals surface area contributed by atoms with E-state index in [1.807, 2.05) is 53.7 Å². The van der Waals surface area contributed by atoms with Gasteiger partial charge in [-0.05, 0) is 29.8 Å².